The van der Waals surface area contributed by atoms with E-state index >= 15 is 0 Å². The topological polar surface area (TPSA) is 85.7 Å². The molecular formula is C22H33N3O4. The Bertz CT molecular complexity index is 752. The fraction of sp³-hybridized carbons (Fsp3) is 0.818. The van der Waals surface area contributed by atoms with Crippen LogP contribution in [0, 0.1) is 5.92 Å². The van der Waals surface area contributed by atoms with E-state index in [2.05, 4.69) is 34.3 Å². The second kappa shape index (κ2) is 6.98. The second-order valence-corrected chi connectivity index (χ2v) is 9.54. The minimum absolute atomic E-state index is 0.0304. The van der Waals surface area contributed by atoms with Crippen molar-refractivity contribution in [2.45, 2.75) is 107 Å². The van der Waals surface area contributed by atoms with Gasteiger partial charge in [-0.25, -0.2) is 10.6 Å². The molecule has 0 aromatic carbocycles. The summed E-state index contributed by atoms with van der Waals surface area (Å²) in [7, 11) is 0. The van der Waals surface area contributed by atoms with Gasteiger partial charge in [0.25, 0.3) is 0 Å². The monoisotopic (exact) mass is 403 g/mol. The van der Waals surface area contributed by atoms with Crippen molar-refractivity contribution < 1.29 is 24.0 Å². The van der Waals surface area contributed by atoms with Crippen molar-refractivity contribution in [1.29, 1.82) is 0 Å². The molecule has 5 heterocycles. The van der Waals surface area contributed by atoms with E-state index in [1.54, 1.807) is 0 Å². The summed E-state index contributed by atoms with van der Waals surface area (Å²) >= 11 is 0. The molecule has 2 fully saturated rings. The molecule has 2 spiro atoms. The number of rotatable bonds is 2. The van der Waals surface area contributed by atoms with Crippen LogP contribution in [-0.2, 0) is 14.3 Å². The Morgan fingerprint density at radius 1 is 1.28 bits per heavy atom. The fourth-order valence-electron chi connectivity index (χ4n) is 6.40. The lowest BCUT2D eigenvalue weighted by atomic mass is 9.80. The zero-order valence-electron chi connectivity index (χ0n) is 17.5. The number of carbonyl (C=O) groups excluding carboxylic acids is 1. The number of aliphatic carboxylic acids is 1. The first kappa shape index (κ1) is 19.4. The molecule has 0 bridgehead atoms. The number of nitrogens with zero attached hydrogens (tertiary/aromatic N) is 1. The van der Waals surface area contributed by atoms with Crippen LogP contribution in [0.4, 0.5) is 0 Å². The van der Waals surface area contributed by atoms with E-state index in [1.807, 2.05) is 6.92 Å². The molecule has 7 atom stereocenters. The summed E-state index contributed by atoms with van der Waals surface area (Å²) < 4.78 is 15.2. The van der Waals surface area contributed by atoms with Crippen molar-refractivity contribution in [3.05, 3.63) is 12.2 Å². The van der Waals surface area contributed by atoms with Gasteiger partial charge in [0, 0.05) is 19.3 Å². The van der Waals surface area contributed by atoms with E-state index in [-0.39, 0.29) is 24.3 Å². The molecule has 160 valence electrons. The summed E-state index contributed by atoms with van der Waals surface area (Å²) in [5.41, 5.74) is -1.32. The molecule has 0 radical (unpaired) electrons. The summed E-state index contributed by atoms with van der Waals surface area (Å²) in [5, 5.41) is 19.5. The first-order valence-corrected chi connectivity index (χ1v) is 11.4. The van der Waals surface area contributed by atoms with Crippen molar-refractivity contribution in [3.63, 3.8) is 0 Å². The molecule has 1 unspecified atom stereocenters. The third-order valence-corrected chi connectivity index (χ3v) is 7.60. The van der Waals surface area contributed by atoms with Crippen molar-refractivity contribution in [1.82, 2.24) is 10.6 Å². The SMILES string of the molecule is CC[C@H]1C=CCC[C@@]2(C[C@@H]3CC[C@@H]4[C@H](C(=O)[O-])[C@]5(CCCC(C)O5)NC(=[N+]34)N2)O1. The lowest BCUT2D eigenvalue weighted by Crippen LogP contribution is -2.77. The highest BCUT2D eigenvalue weighted by molar-refractivity contribution is 5.81. The third-order valence-electron chi connectivity index (χ3n) is 7.60. The summed E-state index contributed by atoms with van der Waals surface area (Å²) in [5.74, 6) is -0.778. The maximum Gasteiger partial charge on any atom is 0.350 e. The summed E-state index contributed by atoms with van der Waals surface area (Å²) in [4.78, 5) is 12.3. The Balaban J connectivity index is 1.52. The molecule has 0 aromatic rings. The van der Waals surface area contributed by atoms with Crippen LogP contribution < -0.4 is 15.7 Å². The van der Waals surface area contributed by atoms with Crippen molar-refractivity contribution >= 4 is 11.9 Å². The third kappa shape index (κ3) is 3.08. The number of guanidine groups is 1. The smallest absolute Gasteiger partial charge is 0.350 e. The summed E-state index contributed by atoms with van der Waals surface area (Å²) in [6, 6.07) is 0.182. The average molecular weight is 404 g/mol. The Morgan fingerprint density at radius 2 is 2.14 bits per heavy atom. The van der Waals surface area contributed by atoms with E-state index in [4.69, 9.17) is 9.47 Å². The molecule has 5 aliphatic rings. The minimum atomic E-state index is -1.00. The fourth-order valence-corrected chi connectivity index (χ4v) is 6.40. The van der Waals surface area contributed by atoms with Gasteiger partial charge < -0.3 is 19.4 Å². The largest absolute Gasteiger partial charge is 0.549 e. The maximum atomic E-state index is 12.3. The number of allylic oxidation sites excluding steroid dienone is 1. The van der Waals surface area contributed by atoms with Gasteiger partial charge >= 0.3 is 5.96 Å². The van der Waals surface area contributed by atoms with Crippen LogP contribution in [0.1, 0.15) is 71.6 Å². The lowest BCUT2D eigenvalue weighted by Gasteiger charge is -2.51. The normalized spacial score (nSPS) is 46.2. The van der Waals surface area contributed by atoms with Gasteiger partial charge in [0.1, 0.15) is 0 Å². The molecule has 5 rings (SSSR count). The van der Waals surface area contributed by atoms with Crippen molar-refractivity contribution in [2.24, 2.45) is 5.92 Å². The molecule has 0 saturated carbocycles. The first-order chi connectivity index (χ1) is 14.0. The standard InChI is InChI=1S/C22H33N3O4/c1-3-16-8-4-5-11-21(29-16)13-15-9-10-17-18(19(26)27)22(12-6-7-14(2)28-22)24-20(23-21)25(15)17/h4,8,14-18H,3,5-7,9-13H2,1-2H3,(H2,23,24,26,27)/t14?,15-,16-,17+,18+,21-,22+/m0/s1. The first-order valence-electron chi connectivity index (χ1n) is 11.4. The Morgan fingerprint density at radius 3 is 2.90 bits per heavy atom. The highest BCUT2D eigenvalue weighted by Gasteiger charge is 2.62. The van der Waals surface area contributed by atoms with Crippen molar-refractivity contribution in [3.8, 4) is 0 Å². The zero-order chi connectivity index (χ0) is 20.2. The van der Waals surface area contributed by atoms with Gasteiger partial charge in [-0.1, -0.05) is 19.1 Å². The van der Waals surface area contributed by atoms with Gasteiger partial charge in [-0.15, -0.1) is 0 Å². The number of hydrogen-bond donors (Lipinski definition) is 2. The quantitative estimate of drug-likeness (QED) is 0.528. The van der Waals surface area contributed by atoms with E-state index < -0.39 is 23.3 Å². The molecule has 0 aromatic heterocycles. The van der Waals surface area contributed by atoms with Crippen LogP contribution in [0.3, 0.4) is 0 Å². The average Bonchev–Trinajstić information content (AvgIpc) is 2.96. The summed E-state index contributed by atoms with van der Waals surface area (Å²) in [6.45, 7) is 4.18. The van der Waals surface area contributed by atoms with Gasteiger partial charge in [-0.2, -0.15) is 0 Å². The van der Waals surface area contributed by atoms with Crippen LogP contribution in [0.15, 0.2) is 12.2 Å². The van der Waals surface area contributed by atoms with Crippen LogP contribution in [-0.4, -0.2) is 52.2 Å². The predicted molar refractivity (Wildman–Crippen MR) is 105 cm³/mol. The number of carboxylic acids is 1. The highest BCUT2D eigenvalue weighted by Crippen LogP contribution is 2.45. The molecule has 0 amide bonds. The van der Waals surface area contributed by atoms with Gasteiger partial charge in [-0.3, -0.25) is 4.58 Å². The number of carbonyl (C=O) groups is 1. The molecule has 0 aliphatic carbocycles. The van der Waals surface area contributed by atoms with Gasteiger partial charge in [0.2, 0.25) is 0 Å². The molecule has 5 aliphatic heterocycles. The zero-order valence-corrected chi connectivity index (χ0v) is 17.5. The van der Waals surface area contributed by atoms with E-state index in [1.165, 1.54) is 0 Å². The molecule has 2 N–H and O–H groups in total. The Labute approximate surface area is 172 Å². The van der Waals surface area contributed by atoms with Crippen LogP contribution in [0.2, 0.25) is 0 Å². The molecule has 29 heavy (non-hydrogen) atoms. The summed E-state index contributed by atoms with van der Waals surface area (Å²) in [6.07, 6.45) is 12.7. The molecule has 7 nitrogen and oxygen atoms in total. The number of carboxylic acid groups (broad SMARTS) is 1. The highest BCUT2D eigenvalue weighted by atomic mass is 16.5. The predicted octanol–water partition coefficient (Wildman–Crippen LogP) is 0.975. The van der Waals surface area contributed by atoms with Gasteiger partial charge in [0.15, 0.2) is 11.4 Å². The number of nitrogens with one attached hydrogen (secondary N) is 2. The lowest BCUT2D eigenvalue weighted by molar-refractivity contribution is -0.610. The van der Waals surface area contributed by atoms with Crippen LogP contribution in [0.25, 0.3) is 0 Å². The minimum Gasteiger partial charge on any atom is -0.549 e. The Hall–Kier alpha value is -1.60. The molecular weight excluding hydrogens is 370 g/mol. The van der Waals surface area contributed by atoms with Crippen molar-refractivity contribution in [2.75, 3.05) is 0 Å². The Kier molecular flexibility index (Phi) is 4.66. The second-order valence-electron chi connectivity index (χ2n) is 9.54. The number of ether oxygens (including phenoxy) is 2. The maximum absolute atomic E-state index is 12.3. The van der Waals surface area contributed by atoms with Crippen LogP contribution in [0.5, 0.6) is 0 Å². The molecule has 2 saturated heterocycles. The van der Waals surface area contributed by atoms with Crippen LogP contribution >= 0.6 is 0 Å². The van der Waals surface area contributed by atoms with E-state index in [0.717, 1.165) is 57.3 Å². The number of hydrogen-bond acceptors (Lipinski definition) is 6. The molecule has 7 heteroatoms. The van der Waals surface area contributed by atoms with E-state index in [0.29, 0.717) is 6.42 Å². The van der Waals surface area contributed by atoms with Gasteiger partial charge in [0.05, 0.1) is 36.2 Å². The van der Waals surface area contributed by atoms with Gasteiger partial charge in [-0.05, 0) is 45.4 Å². The van der Waals surface area contributed by atoms with E-state index in [9.17, 15) is 9.90 Å².